The smallest absolute Gasteiger partial charge is 0.326 e. The summed E-state index contributed by atoms with van der Waals surface area (Å²) in [4.78, 5) is 71.0. The number of hydrogen-bond acceptors (Lipinski definition) is 9. The van der Waals surface area contributed by atoms with Gasteiger partial charge in [-0.15, -0.1) is 0 Å². The van der Waals surface area contributed by atoms with Crippen molar-refractivity contribution in [3.05, 3.63) is 29.8 Å². The molecule has 0 radical (unpaired) electrons. The summed E-state index contributed by atoms with van der Waals surface area (Å²) in [6.07, 6.45) is -1.62. The lowest BCUT2D eigenvalue weighted by Crippen LogP contribution is -2.58. The van der Waals surface area contributed by atoms with Gasteiger partial charge in [0.2, 0.25) is 17.7 Å². The molecule has 9 N–H and O–H groups in total. The Balaban J connectivity index is 3.03. The number of rotatable bonds is 16. The molecular weight excluding hydrogens is 512 g/mol. The highest BCUT2D eigenvalue weighted by Gasteiger charge is 2.30. The minimum absolute atomic E-state index is 0.0505. The number of phenols is 1. The lowest BCUT2D eigenvalue weighted by Gasteiger charge is -2.24. The number of benzene rings is 1. The van der Waals surface area contributed by atoms with Crippen molar-refractivity contribution in [1.82, 2.24) is 16.0 Å². The molecule has 0 bridgehead atoms. The first-order valence-electron chi connectivity index (χ1n) is 11.1. The summed E-state index contributed by atoms with van der Waals surface area (Å²) in [5, 5.41) is 43.3. The number of thiol groups is 1. The Bertz CT molecular complexity index is 988. The van der Waals surface area contributed by atoms with E-state index in [-0.39, 0.29) is 30.8 Å². The van der Waals surface area contributed by atoms with Crippen LogP contribution in [0, 0.1) is 0 Å². The van der Waals surface area contributed by atoms with Crippen molar-refractivity contribution < 1.29 is 49.2 Å². The van der Waals surface area contributed by atoms with E-state index in [1.807, 2.05) is 0 Å². The van der Waals surface area contributed by atoms with Crippen molar-refractivity contribution in [2.75, 3.05) is 5.75 Å². The van der Waals surface area contributed by atoms with Crippen molar-refractivity contribution in [1.29, 1.82) is 0 Å². The highest BCUT2D eigenvalue weighted by molar-refractivity contribution is 7.80. The van der Waals surface area contributed by atoms with Crippen LogP contribution in [0.3, 0.4) is 0 Å². The first-order chi connectivity index (χ1) is 17.3. The number of phenolic OH excluding ortho intramolecular Hbond substituents is 1. The van der Waals surface area contributed by atoms with Crippen LogP contribution in [0.5, 0.6) is 5.75 Å². The summed E-state index contributed by atoms with van der Waals surface area (Å²) < 4.78 is 0. The average molecular weight is 543 g/mol. The van der Waals surface area contributed by atoms with Crippen LogP contribution < -0.4 is 21.7 Å². The molecule has 0 fully saturated rings. The first-order valence-corrected chi connectivity index (χ1v) is 11.7. The van der Waals surface area contributed by atoms with Crippen LogP contribution in [0.2, 0.25) is 0 Å². The molecule has 0 spiro atoms. The first kappa shape index (κ1) is 31.2. The molecule has 0 aliphatic heterocycles. The van der Waals surface area contributed by atoms with Gasteiger partial charge in [-0.3, -0.25) is 24.0 Å². The number of carbonyl (C=O) groups excluding carboxylic acids is 3. The Labute approximate surface area is 217 Å². The molecule has 0 saturated carbocycles. The summed E-state index contributed by atoms with van der Waals surface area (Å²) in [5.41, 5.74) is 6.14. The summed E-state index contributed by atoms with van der Waals surface area (Å²) >= 11 is 4.02. The Morgan fingerprint density at radius 2 is 1.24 bits per heavy atom. The normalized spacial score (nSPS) is 13.9. The molecule has 1 aromatic rings. The predicted molar refractivity (Wildman–Crippen MR) is 131 cm³/mol. The van der Waals surface area contributed by atoms with Gasteiger partial charge in [0, 0.05) is 25.0 Å². The Kier molecular flexibility index (Phi) is 12.9. The number of nitrogens with two attached hydrogens (primary N) is 1. The summed E-state index contributed by atoms with van der Waals surface area (Å²) in [6, 6.07) is 0.236. The van der Waals surface area contributed by atoms with Gasteiger partial charge in [-0.2, -0.15) is 12.6 Å². The van der Waals surface area contributed by atoms with Gasteiger partial charge in [-0.05, 0) is 30.5 Å². The fourth-order valence-corrected chi connectivity index (χ4v) is 3.29. The number of aromatic hydroxyl groups is 1. The van der Waals surface area contributed by atoms with E-state index in [4.69, 9.17) is 15.9 Å². The van der Waals surface area contributed by atoms with Gasteiger partial charge < -0.3 is 42.1 Å². The number of hydrogen-bond donors (Lipinski definition) is 9. The second-order valence-corrected chi connectivity index (χ2v) is 8.41. The molecule has 4 unspecified atom stereocenters. The lowest BCUT2D eigenvalue weighted by atomic mass is 10.0. The molecule has 4 atom stereocenters. The molecule has 3 amide bonds. The van der Waals surface area contributed by atoms with E-state index in [1.54, 1.807) is 0 Å². The van der Waals surface area contributed by atoms with E-state index >= 15 is 0 Å². The molecule has 1 rings (SSSR count). The van der Waals surface area contributed by atoms with Gasteiger partial charge in [-0.1, -0.05) is 12.1 Å². The van der Waals surface area contributed by atoms with Crippen molar-refractivity contribution in [2.45, 2.75) is 56.3 Å². The van der Waals surface area contributed by atoms with Gasteiger partial charge in [0.25, 0.3) is 0 Å². The molecule has 1 aromatic carbocycles. The SMILES string of the molecule is NC(CCC(=O)O)C(=O)NC(CS)C(=O)NC(Cc1ccc(O)cc1)C(=O)NC(CCC(=O)O)C(=O)O. The molecule has 15 heteroatoms. The summed E-state index contributed by atoms with van der Waals surface area (Å²) in [5.74, 6) is -6.75. The quantitative estimate of drug-likeness (QED) is 0.108. The van der Waals surface area contributed by atoms with Crippen LogP contribution >= 0.6 is 12.6 Å². The van der Waals surface area contributed by atoms with Gasteiger partial charge in [0.1, 0.15) is 23.9 Å². The standard InChI is InChI=1S/C22H30N4O10S/c23-13(5-7-17(28)29)19(32)26-16(10-37)21(34)25-15(9-11-1-3-12(27)4-2-11)20(33)24-14(22(35)36)6-8-18(30)31/h1-4,13-16,27,37H,5-10,23H2,(H,24,33)(H,25,34)(H,26,32)(H,28,29)(H,30,31)(H,35,36). The minimum Gasteiger partial charge on any atom is -0.508 e. The van der Waals surface area contributed by atoms with Crippen molar-refractivity contribution in [2.24, 2.45) is 5.73 Å². The molecular formula is C22H30N4O10S. The van der Waals surface area contributed by atoms with E-state index in [0.717, 1.165) is 0 Å². The largest absolute Gasteiger partial charge is 0.508 e. The third-order valence-electron chi connectivity index (χ3n) is 5.09. The van der Waals surface area contributed by atoms with Crippen LogP contribution in [0.4, 0.5) is 0 Å². The second-order valence-electron chi connectivity index (χ2n) is 8.05. The van der Waals surface area contributed by atoms with Crippen molar-refractivity contribution >= 4 is 48.3 Å². The molecule has 0 aromatic heterocycles. The molecule has 0 saturated heterocycles. The third-order valence-corrected chi connectivity index (χ3v) is 5.46. The zero-order valence-corrected chi connectivity index (χ0v) is 20.5. The monoisotopic (exact) mass is 542 g/mol. The summed E-state index contributed by atoms with van der Waals surface area (Å²) in [6.45, 7) is 0. The van der Waals surface area contributed by atoms with Gasteiger partial charge in [-0.25, -0.2) is 4.79 Å². The van der Waals surface area contributed by atoms with Crippen LogP contribution in [0.1, 0.15) is 31.2 Å². The molecule has 0 heterocycles. The van der Waals surface area contributed by atoms with Crippen LogP contribution in [-0.4, -0.2) is 86.0 Å². The second kappa shape index (κ2) is 15.3. The third kappa shape index (κ3) is 11.6. The van der Waals surface area contributed by atoms with Crippen LogP contribution in [0.25, 0.3) is 0 Å². The maximum absolute atomic E-state index is 12.9. The fourth-order valence-electron chi connectivity index (χ4n) is 3.03. The van der Waals surface area contributed by atoms with E-state index < -0.39 is 72.6 Å². The van der Waals surface area contributed by atoms with Gasteiger partial charge in [0.05, 0.1) is 6.04 Å². The summed E-state index contributed by atoms with van der Waals surface area (Å²) in [7, 11) is 0. The number of carboxylic acids is 3. The minimum atomic E-state index is -1.55. The van der Waals surface area contributed by atoms with Crippen molar-refractivity contribution in [3.63, 3.8) is 0 Å². The van der Waals surface area contributed by atoms with E-state index in [0.29, 0.717) is 5.56 Å². The molecule has 14 nitrogen and oxygen atoms in total. The Hall–Kier alpha value is -3.85. The molecule has 0 aliphatic carbocycles. The average Bonchev–Trinajstić information content (AvgIpc) is 2.83. The zero-order valence-electron chi connectivity index (χ0n) is 19.6. The van der Waals surface area contributed by atoms with Crippen molar-refractivity contribution in [3.8, 4) is 5.75 Å². The van der Waals surface area contributed by atoms with Crippen LogP contribution in [-0.2, 0) is 35.2 Å². The Morgan fingerprint density at radius 3 is 1.76 bits per heavy atom. The number of amides is 3. The molecule has 0 aliphatic rings. The lowest BCUT2D eigenvalue weighted by molar-refractivity contribution is -0.143. The number of carboxylic acid groups (broad SMARTS) is 3. The predicted octanol–water partition coefficient (Wildman–Crippen LogP) is -1.54. The number of aliphatic carboxylic acids is 3. The fraction of sp³-hybridized carbons (Fsp3) is 0.455. The highest BCUT2D eigenvalue weighted by Crippen LogP contribution is 2.12. The number of nitrogens with one attached hydrogen (secondary N) is 3. The van der Waals surface area contributed by atoms with E-state index in [1.165, 1.54) is 24.3 Å². The van der Waals surface area contributed by atoms with E-state index in [2.05, 4.69) is 28.6 Å². The Morgan fingerprint density at radius 1 is 0.757 bits per heavy atom. The topological polar surface area (TPSA) is 245 Å². The number of carbonyl (C=O) groups is 6. The molecule has 204 valence electrons. The van der Waals surface area contributed by atoms with Gasteiger partial charge >= 0.3 is 17.9 Å². The maximum atomic E-state index is 12.9. The maximum Gasteiger partial charge on any atom is 0.326 e. The highest BCUT2D eigenvalue weighted by atomic mass is 32.1. The van der Waals surface area contributed by atoms with Gasteiger partial charge in [0.15, 0.2) is 0 Å². The van der Waals surface area contributed by atoms with Crippen LogP contribution in [0.15, 0.2) is 24.3 Å². The zero-order chi connectivity index (χ0) is 28.1. The van der Waals surface area contributed by atoms with E-state index in [9.17, 15) is 39.0 Å². The molecule has 37 heavy (non-hydrogen) atoms.